The molecule has 5 heteroatoms. The molecule has 0 aromatic carbocycles. The Morgan fingerprint density at radius 1 is 1.14 bits per heavy atom. The summed E-state index contributed by atoms with van der Waals surface area (Å²) in [5.74, 6) is -2.28. The first-order valence-corrected chi connectivity index (χ1v) is 4.54. The van der Waals surface area contributed by atoms with Crippen LogP contribution in [-0.2, 0) is 4.74 Å². The zero-order valence-corrected chi connectivity index (χ0v) is 8.90. The van der Waals surface area contributed by atoms with Crippen molar-refractivity contribution in [1.29, 1.82) is 0 Å². The van der Waals surface area contributed by atoms with E-state index in [-0.39, 0.29) is 6.54 Å². The largest absolute Gasteiger partial charge is 0.371 e. The highest BCUT2D eigenvalue weighted by Gasteiger charge is 2.50. The average molecular weight is 211 g/mol. The maximum absolute atomic E-state index is 13.4. The zero-order chi connectivity index (χ0) is 11.2. The van der Waals surface area contributed by atoms with E-state index in [1.54, 1.807) is 20.8 Å². The molecule has 0 aromatic heterocycles. The third-order valence-corrected chi connectivity index (χ3v) is 2.16. The van der Waals surface area contributed by atoms with Crippen molar-refractivity contribution < 1.29 is 17.9 Å². The molecule has 0 bridgehead atoms. The lowest BCUT2D eigenvalue weighted by atomic mass is 10.0. The van der Waals surface area contributed by atoms with Crippen LogP contribution in [0.15, 0.2) is 0 Å². The number of morpholine rings is 1. The van der Waals surface area contributed by atoms with Crippen LogP contribution in [0.5, 0.6) is 0 Å². The van der Waals surface area contributed by atoms with E-state index in [1.807, 2.05) is 0 Å². The van der Waals surface area contributed by atoms with Gasteiger partial charge in [0.05, 0.1) is 13.1 Å². The van der Waals surface area contributed by atoms with E-state index in [4.69, 9.17) is 0 Å². The number of hydrogen-bond donors (Lipinski definition) is 0. The minimum Gasteiger partial charge on any atom is -0.285 e. The van der Waals surface area contributed by atoms with E-state index in [0.29, 0.717) is 0 Å². The van der Waals surface area contributed by atoms with Gasteiger partial charge in [0.1, 0.15) is 0 Å². The quantitative estimate of drug-likeness (QED) is 0.610. The van der Waals surface area contributed by atoms with Crippen LogP contribution >= 0.6 is 0 Å². The molecule has 0 N–H and O–H groups in total. The molecule has 1 fully saturated rings. The molecule has 1 atom stereocenters. The molecule has 14 heavy (non-hydrogen) atoms. The van der Waals surface area contributed by atoms with Crippen molar-refractivity contribution in [3.8, 4) is 0 Å². The van der Waals surface area contributed by atoms with Gasteiger partial charge in [-0.3, -0.25) is 9.64 Å². The van der Waals surface area contributed by atoms with Gasteiger partial charge in [0.25, 0.3) is 0 Å². The van der Waals surface area contributed by atoms with E-state index in [2.05, 4.69) is 4.74 Å². The molecule has 1 heterocycles. The zero-order valence-electron chi connectivity index (χ0n) is 8.90. The Balaban J connectivity index is 2.82. The van der Waals surface area contributed by atoms with Crippen LogP contribution in [-0.4, -0.2) is 35.5 Å². The van der Waals surface area contributed by atoms with Crippen LogP contribution in [0.4, 0.5) is 13.2 Å². The lowest BCUT2D eigenvalue weighted by Crippen LogP contribution is -2.60. The van der Waals surface area contributed by atoms with Crippen LogP contribution in [0.25, 0.3) is 0 Å². The van der Waals surface area contributed by atoms with Crippen molar-refractivity contribution in [2.75, 3.05) is 13.1 Å². The first-order chi connectivity index (χ1) is 6.02. The van der Waals surface area contributed by atoms with Gasteiger partial charge in [-0.05, 0) is 27.7 Å². The van der Waals surface area contributed by atoms with E-state index >= 15 is 0 Å². The summed E-state index contributed by atoms with van der Waals surface area (Å²) in [6, 6.07) is 0. The number of alkyl halides is 3. The number of rotatable bonds is 0. The van der Waals surface area contributed by atoms with Crippen molar-refractivity contribution >= 4 is 0 Å². The van der Waals surface area contributed by atoms with Crippen LogP contribution < -0.4 is 0 Å². The molecule has 0 radical (unpaired) electrons. The topological polar surface area (TPSA) is 12.5 Å². The summed E-state index contributed by atoms with van der Waals surface area (Å²) in [6.45, 7) is 5.64. The predicted molar refractivity (Wildman–Crippen MR) is 46.9 cm³/mol. The van der Waals surface area contributed by atoms with Gasteiger partial charge in [-0.25, -0.2) is 4.39 Å². The maximum Gasteiger partial charge on any atom is 0.371 e. The second-order valence-electron chi connectivity index (χ2n) is 4.87. The second kappa shape index (κ2) is 3.10. The fourth-order valence-electron chi connectivity index (χ4n) is 1.47. The smallest absolute Gasteiger partial charge is 0.285 e. The molecule has 0 saturated carbocycles. The summed E-state index contributed by atoms with van der Waals surface area (Å²) in [5.41, 5.74) is -0.486. The van der Waals surface area contributed by atoms with E-state index in [1.165, 1.54) is 4.90 Å². The summed E-state index contributed by atoms with van der Waals surface area (Å²) in [6.07, 6.45) is -3.41. The molecule has 0 amide bonds. The predicted octanol–water partition coefficient (Wildman–Crippen LogP) is 2.40. The summed E-state index contributed by atoms with van der Waals surface area (Å²) in [5, 5.41) is 0. The maximum atomic E-state index is 13.4. The van der Waals surface area contributed by atoms with Gasteiger partial charge in [-0.15, -0.1) is 0 Å². The van der Waals surface area contributed by atoms with Crippen molar-refractivity contribution in [2.45, 2.75) is 45.2 Å². The minimum atomic E-state index is -3.41. The molecular weight excluding hydrogens is 195 g/mol. The number of halogens is 3. The monoisotopic (exact) mass is 211 g/mol. The fraction of sp³-hybridized carbons (Fsp3) is 1.00. The van der Waals surface area contributed by atoms with E-state index in [0.717, 1.165) is 6.92 Å². The molecule has 1 aliphatic heterocycles. The Kier molecular flexibility index (Phi) is 2.61. The second-order valence-corrected chi connectivity index (χ2v) is 4.87. The molecule has 84 valence electrons. The lowest BCUT2D eigenvalue weighted by Gasteiger charge is -2.45. The third kappa shape index (κ3) is 2.85. The highest BCUT2D eigenvalue weighted by Crippen LogP contribution is 2.35. The summed E-state index contributed by atoms with van der Waals surface area (Å²) >= 11 is 0. The first kappa shape index (κ1) is 11.8. The van der Waals surface area contributed by atoms with Gasteiger partial charge in [-0.1, -0.05) is 0 Å². The van der Waals surface area contributed by atoms with Gasteiger partial charge >= 0.3 is 6.11 Å². The number of ether oxygens (including phenoxy) is 1. The normalized spacial score (nSPS) is 34.5. The first-order valence-electron chi connectivity index (χ1n) is 4.54. The van der Waals surface area contributed by atoms with Gasteiger partial charge < -0.3 is 0 Å². The summed E-state index contributed by atoms with van der Waals surface area (Å²) in [7, 11) is 0. The summed E-state index contributed by atoms with van der Waals surface area (Å²) < 4.78 is 43.4. The molecule has 0 aliphatic carbocycles. The SMILES string of the molecule is CC1(F)CN(C(C)(C)C)CC(F)(F)O1. The molecule has 0 aromatic rings. The summed E-state index contributed by atoms with van der Waals surface area (Å²) in [4.78, 5) is 1.39. The number of hydrogen-bond acceptors (Lipinski definition) is 2. The average Bonchev–Trinajstić information content (AvgIpc) is 1.76. The Morgan fingerprint density at radius 3 is 2.00 bits per heavy atom. The Bertz CT molecular complexity index is 207. The number of nitrogens with zero attached hydrogens (tertiary/aromatic N) is 1. The molecule has 1 rings (SSSR count). The van der Waals surface area contributed by atoms with E-state index in [9.17, 15) is 13.2 Å². The van der Waals surface area contributed by atoms with Crippen molar-refractivity contribution in [3.05, 3.63) is 0 Å². The molecule has 2 nitrogen and oxygen atoms in total. The Hall–Kier alpha value is -0.290. The van der Waals surface area contributed by atoms with Crippen LogP contribution in [0.1, 0.15) is 27.7 Å². The molecule has 1 unspecified atom stereocenters. The minimum absolute atomic E-state index is 0.133. The standard InChI is InChI=1S/C9H16F3NO/c1-7(2,3)13-5-8(4,10)14-9(11,12)6-13/h5-6H2,1-4H3. The Morgan fingerprint density at radius 2 is 1.64 bits per heavy atom. The lowest BCUT2D eigenvalue weighted by molar-refractivity contribution is -0.365. The van der Waals surface area contributed by atoms with Crippen LogP contribution in [0.3, 0.4) is 0 Å². The van der Waals surface area contributed by atoms with Gasteiger partial charge in [0.2, 0.25) is 5.85 Å². The molecular formula is C9H16F3NO. The fourth-order valence-corrected chi connectivity index (χ4v) is 1.47. The van der Waals surface area contributed by atoms with Crippen LogP contribution in [0.2, 0.25) is 0 Å². The van der Waals surface area contributed by atoms with Gasteiger partial charge in [0.15, 0.2) is 0 Å². The van der Waals surface area contributed by atoms with E-state index < -0.39 is 24.0 Å². The van der Waals surface area contributed by atoms with Crippen molar-refractivity contribution in [2.24, 2.45) is 0 Å². The third-order valence-electron chi connectivity index (χ3n) is 2.16. The Labute approximate surface area is 82.0 Å². The van der Waals surface area contributed by atoms with Gasteiger partial charge in [-0.2, -0.15) is 8.78 Å². The highest BCUT2D eigenvalue weighted by molar-refractivity contribution is 4.87. The molecule has 1 aliphatic rings. The molecule has 1 saturated heterocycles. The van der Waals surface area contributed by atoms with Crippen molar-refractivity contribution in [3.63, 3.8) is 0 Å². The van der Waals surface area contributed by atoms with Gasteiger partial charge in [0, 0.05) is 5.54 Å². The molecule has 0 spiro atoms. The van der Waals surface area contributed by atoms with Crippen molar-refractivity contribution in [1.82, 2.24) is 4.90 Å². The highest BCUT2D eigenvalue weighted by atomic mass is 19.3. The van der Waals surface area contributed by atoms with Crippen LogP contribution in [0, 0.1) is 0 Å².